The van der Waals surface area contributed by atoms with E-state index in [4.69, 9.17) is 0 Å². The van der Waals surface area contributed by atoms with E-state index in [9.17, 15) is 18.0 Å². The molecule has 3 aromatic rings. The Labute approximate surface area is 193 Å². The molecule has 0 bridgehead atoms. The highest BCUT2D eigenvalue weighted by atomic mass is 32.2. The first-order valence-corrected chi connectivity index (χ1v) is 11.6. The molecule has 9 heteroatoms. The van der Waals surface area contributed by atoms with Gasteiger partial charge in [0.25, 0.3) is 5.91 Å². The smallest absolute Gasteiger partial charge is 0.255 e. The third-order valence-corrected chi connectivity index (χ3v) is 6.34. The number of carbonyl (C=O) groups is 2. The van der Waals surface area contributed by atoms with E-state index in [2.05, 4.69) is 15.8 Å². The van der Waals surface area contributed by atoms with Crippen LogP contribution in [0.25, 0.3) is 0 Å². The number of sulfonamides is 1. The maximum Gasteiger partial charge on any atom is 0.255 e. The fourth-order valence-corrected chi connectivity index (χ4v) is 4.37. The van der Waals surface area contributed by atoms with Gasteiger partial charge in [-0.1, -0.05) is 60.7 Å². The van der Waals surface area contributed by atoms with Gasteiger partial charge in [-0.2, -0.15) is 9.41 Å². The first-order valence-electron chi connectivity index (χ1n) is 10.1. The molecule has 0 spiro atoms. The zero-order chi connectivity index (χ0) is 23.7. The van der Waals surface area contributed by atoms with Crippen LogP contribution in [0.3, 0.4) is 0 Å². The second kappa shape index (κ2) is 11.2. The van der Waals surface area contributed by atoms with Crippen LogP contribution in [0, 0.1) is 0 Å². The van der Waals surface area contributed by atoms with E-state index >= 15 is 0 Å². The van der Waals surface area contributed by atoms with Gasteiger partial charge in [-0.05, 0) is 35.4 Å². The Morgan fingerprint density at radius 2 is 1.52 bits per heavy atom. The van der Waals surface area contributed by atoms with Crippen molar-refractivity contribution < 1.29 is 18.0 Å². The first kappa shape index (κ1) is 23.8. The fraction of sp³-hybridized carbons (Fsp3) is 0.125. The van der Waals surface area contributed by atoms with Crippen molar-refractivity contribution in [3.8, 4) is 0 Å². The highest BCUT2D eigenvalue weighted by Gasteiger charge is 2.27. The maximum absolute atomic E-state index is 13.3. The van der Waals surface area contributed by atoms with E-state index in [0.29, 0.717) is 5.69 Å². The average molecular weight is 465 g/mol. The number of anilines is 1. The molecule has 2 N–H and O–H groups in total. The maximum atomic E-state index is 13.3. The molecule has 8 nitrogen and oxygen atoms in total. The van der Waals surface area contributed by atoms with Crippen molar-refractivity contribution >= 4 is 33.7 Å². The first-order chi connectivity index (χ1) is 15.8. The average Bonchev–Trinajstić information content (AvgIpc) is 2.80. The summed E-state index contributed by atoms with van der Waals surface area (Å²) in [6, 6.07) is 24.0. The zero-order valence-corrected chi connectivity index (χ0v) is 18.8. The lowest BCUT2D eigenvalue weighted by molar-refractivity contribution is -0.121. The zero-order valence-electron chi connectivity index (χ0n) is 18.0. The summed E-state index contributed by atoms with van der Waals surface area (Å²) in [6.07, 6.45) is 1.48. The number of nitrogens with zero attached hydrogens (tertiary/aromatic N) is 2. The predicted octanol–water partition coefficient (Wildman–Crippen LogP) is 2.99. The van der Waals surface area contributed by atoms with Gasteiger partial charge >= 0.3 is 0 Å². The Hall–Kier alpha value is -3.82. The van der Waals surface area contributed by atoms with Crippen LogP contribution in [0.15, 0.2) is 94.9 Å². The van der Waals surface area contributed by atoms with Crippen molar-refractivity contribution in [2.75, 3.05) is 11.9 Å². The highest BCUT2D eigenvalue weighted by molar-refractivity contribution is 7.89. The summed E-state index contributed by atoms with van der Waals surface area (Å²) in [5.41, 5.74) is 4.38. The second-order valence-corrected chi connectivity index (χ2v) is 9.11. The SMILES string of the molecule is CC(=O)Nc1ccc(S(=O)(=O)N(CC(=O)N/N=C\c2ccccc2)Cc2ccccc2)cc1. The molecule has 3 aromatic carbocycles. The van der Waals surface area contributed by atoms with Crippen molar-refractivity contribution in [1.29, 1.82) is 0 Å². The van der Waals surface area contributed by atoms with Crippen molar-refractivity contribution in [1.82, 2.24) is 9.73 Å². The molecule has 33 heavy (non-hydrogen) atoms. The predicted molar refractivity (Wildman–Crippen MR) is 127 cm³/mol. The largest absolute Gasteiger partial charge is 0.326 e. The summed E-state index contributed by atoms with van der Waals surface area (Å²) in [5.74, 6) is -0.833. The molecular weight excluding hydrogens is 440 g/mol. The van der Waals surface area contributed by atoms with Crippen LogP contribution in [0.1, 0.15) is 18.1 Å². The van der Waals surface area contributed by atoms with Gasteiger partial charge in [0.1, 0.15) is 0 Å². The Bertz CT molecular complexity index is 1210. The van der Waals surface area contributed by atoms with Crippen molar-refractivity contribution in [2.45, 2.75) is 18.4 Å². The number of hydrogen-bond donors (Lipinski definition) is 2. The summed E-state index contributed by atoms with van der Waals surface area (Å²) in [4.78, 5) is 23.7. The number of benzene rings is 3. The molecule has 0 aromatic heterocycles. The van der Waals surface area contributed by atoms with Gasteiger partial charge in [0, 0.05) is 19.2 Å². The van der Waals surface area contributed by atoms with Crippen LogP contribution in [0.4, 0.5) is 5.69 Å². The van der Waals surface area contributed by atoms with Gasteiger partial charge in [-0.25, -0.2) is 13.8 Å². The van der Waals surface area contributed by atoms with Crippen molar-refractivity contribution in [3.05, 3.63) is 96.1 Å². The highest BCUT2D eigenvalue weighted by Crippen LogP contribution is 2.20. The summed E-state index contributed by atoms with van der Waals surface area (Å²) >= 11 is 0. The lowest BCUT2D eigenvalue weighted by atomic mass is 10.2. The summed E-state index contributed by atoms with van der Waals surface area (Å²) < 4.78 is 27.7. The molecular formula is C24H24N4O4S. The Kier molecular flexibility index (Phi) is 8.06. The molecule has 0 fully saturated rings. The van der Waals surface area contributed by atoms with Gasteiger partial charge in [0.2, 0.25) is 15.9 Å². The summed E-state index contributed by atoms with van der Waals surface area (Å²) in [5, 5.41) is 6.50. The lowest BCUT2D eigenvalue weighted by Gasteiger charge is -2.21. The normalized spacial score (nSPS) is 11.5. The van der Waals surface area contributed by atoms with Crippen LogP contribution >= 0.6 is 0 Å². The number of hydrazone groups is 1. The molecule has 0 unspecified atom stereocenters. The van der Waals surface area contributed by atoms with Gasteiger partial charge in [-0.15, -0.1) is 0 Å². The van der Waals surface area contributed by atoms with E-state index in [0.717, 1.165) is 15.4 Å². The van der Waals surface area contributed by atoms with Crippen LogP contribution in [-0.4, -0.2) is 37.3 Å². The molecule has 0 aliphatic rings. The molecule has 0 aliphatic heterocycles. The minimum Gasteiger partial charge on any atom is -0.326 e. The molecule has 2 amide bonds. The van der Waals surface area contributed by atoms with Gasteiger partial charge < -0.3 is 5.32 Å². The summed E-state index contributed by atoms with van der Waals surface area (Å²) in [6.45, 7) is 0.953. The molecule has 3 rings (SSSR count). The second-order valence-electron chi connectivity index (χ2n) is 7.17. The third kappa shape index (κ3) is 7.09. The topological polar surface area (TPSA) is 108 Å². The van der Waals surface area contributed by atoms with Crippen LogP contribution in [-0.2, 0) is 26.2 Å². The molecule has 0 saturated carbocycles. The monoisotopic (exact) mass is 464 g/mol. The van der Waals surface area contributed by atoms with E-state index in [1.54, 1.807) is 24.3 Å². The van der Waals surface area contributed by atoms with Crippen LogP contribution in [0.5, 0.6) is 0 Å². The standard InChI is InChI=1S/C24H24N4O4S/c1-19(29)26-22-12-14-23(15-13-22)33(31,32)28(17-21-10-6-3-7-11-21)18-24(30)27-25-16-20-8-4-2-5-9-20/h2-16H,17-18H2,1H3,(H,26,29)(H,27,30)/b25-16-. The van der Waals surface area contributed by atoms with Gasteiger partial charge in [-0.3, -0.25) is 9.59 Å². The summed E-state index contributed by atoms with van der Waals surface area (Å²) in [7, 11) is -4.01. The number of hydrogen-bond acceptors (Lipinski definition) is 5. The van der Waals surface area contributed by atoms with E-state index in [-0.39, 0.29) is 17.3 Å². The number of nitrogens with one attached hydrogen (secondary N) is 2. The lowest BCUT2D eigenvalue weighted by Crippen LogP contribution is -2.39. The minimum absolute atomic E-state index is 0.00639. The minimum atomic E-state index is -4.01. The molecule has 0 saturated heterocycles. The van der Waals surface area contributed by atoms with E-state index < -0.39 is 22.5 Å². The van der Waals surface area contributed by atoms with E-state index in [1.165, 1.54) is 37.4 Å². The molecule has 0 aliphatic carbocycles. The number of amides is 2. The Morgan fingerprint density at radius 1 is 0.909 bits per heavy atom. The number of carbonyl (C=O) groups excluding carboxylic acids is 2. The van der Waals surface area contributed by atoms with Crippen molar-refractivity contribution in [2.24, 2.45) is 5.10 Å². The van der Waals surface area contributed by atoms with Crippen molar-refractivity contribution in [3.63, 3.8) is 0 Å². The Morgan fingerprint density at radius 3 is 2.12 bits per heavy atom. The molecule has 0 radical (unpaired) electrons. The quantitative estimate of drug-likeness (QED) is 0.375. The van der Waals surface area contributed by atoms with Crippen LogP contribution in [0.2, 0.25) is 0 Å². The Balaban J connectivity index is 1.78. The molecule has 0 atom stereocenters. The van der Waals surface area contributed by atoms with Gasteiger partial charge in [0.15, 0.2) is 0 Å². The number of rotatable bonds is 9. The van der Waals surface area contributed by atoms with E-state index in [1.807, 2.05) is 36.4 Å². The molecule has 0 heterocycles. The fourth-order valence-electron chi connectivity index (χ4n) is 2.99. The van der Waals surface area contributed by atoms with Gasteiger partial charge in [0.05, 0.1) is 17.7 Å². The third-order valence-electron chi connectivity index (χ3n) is 4.54. The van der Waals surface area contributed by atoms with Crippen LogP contribution < -0.4 is 10.7 Å². The molecule has 170 valence electrons.